The predicted molar refractivity (Wildman–Crippen MR) is 91.1 cm³/mol. The van der Waals surface area contributed by atoms with Gasteiger partial charge in [-0.25, -0.2) is 17.7 Å². The van der Waals surface area contributed by atoms with Crippen LogP contribution in [-0.4, -0.2) is 43.0 Å². The summed E-state index contributed by atoms with van der Waals surface area (Å²) in [5.41, 5.74) is 1.12. The number of nitrogens with one attached hydrogen (secondary N) is 1. The number of sulfonamides is 1. The quantitative estimate of drug-likeness (QED) is 0.896. The molecule has 1 saturated heterocycles. The van der Waals surface area contributed by atoms with Crippen LogP contribution in [0.1, 0.15) is 36.8 Å². The number of hydrogen-bond acceptors (Lipinski definition) is 5. The van der Waals surface area contributed by atoms with Gasteiger partial charge in [-0.05, 0) is 38.0 Å². The van der Waals surface area contributed by atoms with Gasteiger partial charge in [-0.1, -0.05) is 6.92 Å². The van der Waals surface area contributed by atoms with Gasteiger partial charge in [0.1, 0.15) is 0 Å². The van der Waals surface area contributed by atoms with Crippen molar-refractivity contribution in [3.05, 3.63) is 10.6 Å². The van der Waals surface area contributed by atoms with Gasteiger partial charge in [-0.3, -0.25) is 4.79 Å². The van der Waals surface area contributed by atoms with Crippen molar-refractivity contribution >= 4 is 32.4 Å². The fourth-order valence-electron chi connectivity index (χ4n) is 3.26. The van der Waals surface area contributed by atoms with Crippen LogP contribution in [0.3, 0.4) is 0 Å². The molecule has 1 N–H and O–H groups in total. The molecule has 2 aliphatic rings. The fraction of sp³-hybridized carbons (Fsp3) is 0.733. The highest BCUT2D eigenvalue weighted by Gasteiger charge is 2.31. The third-order valence-electron chi connectivity index (χ3n) is 4.64. The number of aromatic nitrogens is 1. The molecule has 1 amide bonds. The number of piperidine rings is 1. The number of aryl methyl sites for hydroxylation is 1. The number of carbonyl (C=O) groups is 1. The SMILES string of the molecule is C[C@H]1CCc2nc(NC(=O)[C@@H]3CCCN(S(C)(=O)=O)C3)sc2C1. The third kappa shape index (κ3) is 3.92. The van der Waals surface area contributed by atoms with E-state index in [0.29, 0.717) is 17.6 Å². The monoisotopic (exact) mass is 357 g/mol. The Bertz CT molecular complexity index is 699. The van der Waals surface area contributed by atoms with Gasteiger partial charge in [0, 0.05) is 18.0 Å². The van der Waals surface area contributed by atoms with Crippen molar-refractivity contribution in [1.82, 2.24) is 9.29 Å². The van der Waals surface area contributed by atoms with E-state index >= 15 is 0 Å². The number of hydrogen-bond donors (Lipinski definition) is 1. The lowest BCUT2D eigenvalue weighted by Gasteiger charge is -2.29. The molecule has 1 aromatic heterocycles. The molecule has 0 radical (unpaired) electrons. The average molecular weight is 358 g/mol. The summed E-state index contributed by atoms with van der Waals surface area (Å²) < 4.78 is 24.7. The van der Waals surface area contributed by atoms with E-state index < -0.39 is 10.0 Å². The minimum Gasteiger partial charge on any atom is -0.302 e. The molecule has 3 rings (SSSR count). The minimum atomic E-state index is -3.23. The van der Waals surface area contributed by atoms with Crippen molar-refractivity contribution in [3.8, 4) is 0 Å². The molecule has 2 heterocycles. The molecular formula is C15H23N3O3S2. The smallest absolute Gasteiger partial charge is 0.230 e. The number of nitrogens with zero attached hydrogens (tertiary/aromatic N) is 2. The zero-order chi connectivity index (χ0) is 16.6. The summed E-state index contributed by atoms with van der Waals surface area (Å²) in [6, 6.07) is 0. The van der Waals surface area contributed by atoms with Gasteiger partial charge >= 0.3 is 0 Å². The van der Waals surface area contributed by atoms with E-state index in [1.807, 2.05) is 0 Å². The first-order valence-electron chi connectivity index (χ1n) is 8.07. The Morgan fingerprint density at radius 2 is 2.17 bits per heavy atom. The Hall–Kier alpha value is -0.990. The summed E-state index contributed by atoms with van der Waals surface area (Å²) in [7, 11) is -3.23. The second kappa shape index (κ2) is 6.49. The maximum absolute atomic E-state index is 12.5. The van der Waals surface area contributed by atoms with Gasteiger partial charge in [0.25, 0.3) is 0 Å². The van der Waals surface area contributed by atoms with Crippen molar-refractivity contribution < 1.29 is 13.2 Å². The second-order valence-electron chi connectivity index (χ2n) is 6.69. The van der Waals surface area contributed by atoms with Crippen molar-refractivity contribution in [1.29, 1.82) is 0 Å². The molecule has 1 fully saturated rings. The molecule has 6 nitrogen and oxygen atoms in total. The van der Waals surface area contributed by atoms with Crippen LogP contribution in [0.5, 0.6) is 0 Å². The van der Waals surface area contributed by atoms with Crippen LogP contribution in [0.25, 0.3) is 0 Å². The molecule has 0 unspecified atom stereocenters. The molecule has 23 heavy (non-hydrogen) atoms. The summed E-state index contributed by atoms with van der Waals surface area (Å²) in [4.78, 5) is 18.3. The molecule has 0 bridgehead atoms. The van der Waals surface area contributed by atoms with E-state index in [9.17, 15) is 13.2 Å². The summed E-state index contributed by atoms with van der Waals surface area (Å²) in [5.74, 6) is 0.268. The molecule has 0 aromatic carbocycles. The normalized spacial score (nSPS) is 25.8. The molecule has 128 valence electrons. The van der Waals surface area contributed by atoms with Crippen LogP contribution >= 0.6 is 11.3 Å². The van der Waals surface area contributed by atoms with E-state index in [-0.39, 0.29) is 18.4 Å². The van der Waals surface area contributed by atoms with Crippen molar-refractivity contribution in [2.45, 2.75) is 39.0 Å². The molecular weight excluding hydrogens is 334 g/mol. The van der Waals surface area contributed by atoms with Crippen molar-refractivity contribution in [2.75, 3.05) is 24.7 Å². The summed E-state index contributed by atoms with van der Waals surface area (Å²) in [6.07, 6.45) is 5.80. The highest BCUT2D eigenvalue weighted by molar-refractivity contribution is 7.88. The lowest BCUT2D eigenvalue weighted by molar-refractivity contribution is -0.120. The average Bonchev–Trinajstić information content (AvgIpc) is 2.87. The number of fused-ring (bicyclic) bond motifs is 1. The predicted octanol–water partition coefficient (Wildman–Crippen LogP) is 1.88. The van der Waals surface area contributed by atoms with Crippen molar-refractivity contribution in [2.24, 2.45) is 11.8 Å². The summed E-state index contributed by atoms with van der Waals surface area (Å²) in [5, 5.41) is 3.56. The second-order valence-corrected chi connectivity index (χ2v) is 9.75. The largest absolute Gasteiger partial charge is 0.302 e. The lowest BCUT2D eigenvalue weighted by Crippen LogP contribution is -2.43. The Morgan fingerprint density at radius 3 is 2.91 bits per heavy atom. The van der Waals surface area contributed by atoms with Gasteiger partial charge in [0.2, 0.25) is 15.9 Å². The number of thiazole rings is 1. The summed E-state index contributed by atoms with van der Waals surface area (Å²) in [6.45, 7) is 3.02. The van der Waals surface area contributed by atoms with Gasteiger partial charge < -0.3 is 5.32 Å². The highest BCUT2D eigenvalue weighted by atomic mass is 32.2. The molecule has 1 aliphatic heterocycles. The van der Waals surface area contributed by atoms with Crippen LogP contribution in [0, 0.1) is 11.8 Å². The van der Waals surface area contributed by atoms with Gasteiger partial charge in [0.15, 0.2) is 5.13 Å². The Balaban J connectivity index is 1.65. The number of rotatable bonds is 3. The highest BCUT2D eigenvalue weighted by Crippen LogP contribution is 2.32. The van der Waals surface area contributed by atoms with Gasteiger partial charge in [0.05, 0.1) is 17.9 Å². The Kier molecular flexibility index (Phi) is 4.75. The van der Waals surface area contributed by atoms with E-state index in [1.165, 1.54) is 15.4 Å². The molecule has 8 heteroatoms. The molecule has 2 atom stereocenters. The van der Waals surface area contributed by atoms with Crippen LogP contribution < -0.4 is 5.32 Å². The lowest BCUT2D eigenvalue weighted by atomic mass is 9.93. The van der Waals surface area contributed by atoms with Crippen LogP contribution in [-0.2, 0) is 27.7 Å². The standard InChI is InChI=1S/C15H23N3O3S2/c1-10-5-6-12-13(8-10)22-15(16-12)17-14(19)11-4-3-7-18(9-11)23(2,20)21/h10-11H,3-9H2,1-2H3,(H,16,17,19)/t10-,11+/m0/s1. The number of carbonyl (C=O) groups excluding carboxylic acids is 1. The maximum Gasteiger partial charge on any atom is 0.230 e. The zero-order valence-corrected chi connectivity index (χ0v) is 15.2. The first-order valence-corrected chi connectivity index (χ1v) is 10.7. The van der Waals surface area contributed by atoms with Gasteiger partial charge in [-0.15, -0.1) is 11.3 Å². The Morgan fingerprint density at radius 1 is 1.39 bits per heavy atom. The van der Waals surface area contributed by atoms with Crippen molar-refractivity contribution in [3.63, 3.8) is 0 Å². The Labute approximate surface area is 141 Å². The molecule has 0 saturated carbocycles. The van der Waals surface area contributed by atoms with Crippen LogP contribution in [0.15, 0.2) is 0 Å². The zero-order valence-electron chi connectivity index (χ0n) is 13.5. The fourth-order valence-corrected chi connectivity index (χ4v) is 5.34. The van der Waals surface area contributed by atoms with Crippen LogP contribution in [0.4, 0.5) is 5.13 Å². The van der Waals surface area contributed by atoms with E-state index in [1.54, 1.807) is 11.3 Å². The number of anilines is 1. The number of amides is 1. The third-order valence-corrected chi connectivity index (χ3v) is 6.95. The maximum atomic E-state index is 12.5. The molecule has 1 aromatic rings. The topological polar surface area (TPSA) is 79.4 Å². The molecule has 0 spiro atoms. The first kappa shape index (κ1) is 16.9. The van der Waals surface area contributed by atoms with E-state index in [4.69, 9.17) is 0 Å². The van der Waals surface area contributed by atoms with Gasteiger partial charge in [-0.2, -0.15) is 0 Å². The van der Waals surface area contributed by atoms with Crippen LogP contribution in [0.2, 0.25) is 0 Å². The first-order chi connectivity index (χ1) is 10.8. The van der Waals surface area contributed by atoms with E-state index in [0.717, 1.165) is 37.8 Å². The van der Waals surface area contributed by atoms with E-state index in [2.05, 4.69) is 17.2 Å². The summed E-state index contributed by atoms with van der Waals surface area (Å²) >= 11 is 1.56. The minimum absolute atomic E-state index is 0.113. The molecule has 1 aliphatic carbocycles.